The van der Waals surface area contributed by atoms with E-state index >= 15 is 0 Å². The lowest BCUT2D eigenvalue weighted by Gasteiger charge is -2.27. The summed E-state index contributed by atoms with van der Waals surface area (Å²) < 4.78 is 8.92. The average molecular weight is 492 g/mol. The summed E-state index contributed by atoms with van der Waals surface area (Å²) in [4.78, 5) is 2.36. The van der Waals surface area contributed by atoms with Gasteiger partial charge in [0.15, 0.2) is 0 Å². The van der Waals surface area contributed by atoms with Crippen molar-refractivity contribution in [2.24, 2.45) is 0 Å². The maximum atomic E-state index is 6.29. The van der Waals surface area contributed by atoms with Gasteiger partial charge in [-0.05, 0) is 47.9 Å². The maximum Gasteiger partial charge on any atom is 0.137 e. The molecule has 0 aliphatic carbocycles. The summed E-state index contributed by atoms with van der Waals surface area (Å²) in [6.07, 6.45) is 0. The van der Waals surface area contributed by atoms with E-state index in [2.05, 4.69) is 120 Å². The lowest BCUT2D eigenvalue weighted by atomic mass is 10.0. The zero-order chi connectivity index (χ0) is 24.3. The molecule has 8 rings (SSSR count). The van der Waals surface area contributed by atoms with Gasteiger partial charge in [0, 0.05) is 53.8 Å². The van der Waals surface area contributed by atoms with E-state index in [1.54, 1.807) is 0 Å². The predicted molar refractivity (Wildman–Crippen MR) is 159 cm³/mol. The first-order valence-electron chi connectivity index (χ1n) is 12.4. The molecule has 2 aromatic heterocycles. The highest BCUT2D eigenvalue weighted by Crippen LogP contribution is 2.46. The number of hydrogen-bond donors (Lipinski definition) is 0. The van der Waals surface area contributed by atoms with Crippen LogP contribution in [0.25, 0.3) is 52.9 Å². The van der Waals surface area contributed by atoms with Crippen molar-refractivity contribution in [1.29, 1.82) is 0 Å². The van der Waals surface area contributed by atoms with Gasteiger partial charge in [0.2, 0.25) is 0 Å². The van der Waals surface area contributed by atoms with Crippen LogP contribution < -0.4 is 4.90 Å². The fraction of sp³-hybridized carbons (Fsp3) is 0. The van der Waals surface area contributed by atoms with Crippen LogP contribution in [0.4, 0.5) is 17.1 Å². The van der Waals surface area contributed by atoms with Crippen LogP contribution in [-0.4, -0.2) is 0 Å². The van der Waals surface area contributed by atoms with Crippen LogP contribution in [0.15, 0.2) is 132 Å². The number of rotatable bonds is 3. The molecule has 0 unspecified atom stereocenters. The van der Waals surface area contributed by atoms with Crippen LogP contribution in [-0.2, 0) is 0 Å². The van der Waals surface area contributed by atoms with E-state index < -0.39 is 0 Å². The summed E-state index contributed by atoms with van der Waals surface area (Å²) in [5, 5.41) is 7.41. The minimum absolute atomic E-state index is 0.895. The molecule has 0 aliphatic rings. The zero-order valence-corrected chi connectivity index (χ0v) is 20.7. The van der Waals surface area contributed by atoms with Gasteiger partial charge in [-0.15, -0.1) is 11.3 Å². The fourth-order valence-electron chi connectivity index (χ4n) is 5.58. The molecule has 6 aromatic carbocycles. The van der Waals surface area contributed by atoms with Gasteiger partial charge in [0.05, 0.1) is 5.69 Å². The van der Waals surface area contributed by atoms with Gasteiger partial charge in [-0.3, -0.25) is 0 Å². The van der Waals surface area contributed by atoms with Crippen LogP contribution in [0, 0.1) is 0 Å². The molecule has 0 saturated heterocycles. The molecule has 0 fully saturated rings. The van der Waals surface area contributed by atoms with Crippen molar-refractivity contribution in [2.75, 3.05) is 4.90 Å². The number of thiophene rings is 1. The second kappa shape index (κ2) is 7.95. The molecule has 2 heterocycles. The van der Waals surface area contributed by atoms with E-state index in [0.29, 0.717) is 0 Å². The number of hydrogen-bond acceptors (Lipinski definition) is 3. The van der Waals surface area contributed by atoms with E-state index in [1.165, 1.54) is 30.9 Å². The van der Waals surface area contributed by atoms with Crippen LogP contribution in [0.3, 0.4) is 0 Å². The molecule has 8 aromatic rings. The van der Waals surface area contributed by atoms with E-state index in [9.17, 15) is 0 Å². The molecule has 0 spiro atoms. The third-order valence-electron chi connectivity index (χ3n) is 7.24. The van der Waals surface area contributed by atoms with E-state index in [4.69, 9.17) is 4.42 Å². The minimum Gasteiger partial charge on any atom is -0.456 e. The molecule has 0 saturated carbocycles. The van der Waals surface area contributed by atoms with Gasteiger partial charge in [0.1, 0.15) is 11.2 Å². The van der Waals surface area contributed by atoms with Crippen molar-refractivity contribution >= 4 is 81.3 Å². The Morgan fingerprint density at radius 3 is 2.19 bits per heavy atom. The molecule has 0 bridgehead atoms. The van der Waals surface area contributed by atoms with Crippen LogP contribution in [0.5, 0.6) is 0 Å². The standard InChI is InChI=1S/C34H21NOS/c1-2-10-23(11-3-1)35(24-18-20-26-25-12-4-6-15-30(25)36-31(26)21-24)29-14-8-9-22-17-19-28-27-13-5-7-16-32(27)37-34(28)33(22)29/h1-21H. The van der Waals surface area contributed by atoms with Gasteiger partial charge in [0.25, 0.3) is 0 Å². The normalized spacial score (nSPS) is 11.8. The lowest BCUT2D eigenvalue weighted by molar-refractivity contribution is 0.669. The minimum atomic E-state index is 0.895. The Bertz CT molecular complexity index is 2100. The fourth-order valence-corrected chi connectivity index (χ4v) is 6.84. The van der Waals surface area contributed by atoms with Crippen molar-refractivity contribution in [3.63, 3.8) is 0 Å². The average Bonchev–Trinajstić information content (AvgIpc) is 3.52. The van der Waals surface area contributed by atoms with Gasteiger partial charge in [-0.1, -0.05) is 78.9 Å². The van der Waals surface area contributed by atoms with Crippen LogP contribution >= 0.6 is 11.3 Å². The topological polar surface area (TPSA) is 16.4 Å². The van der Waals surface area contributed by atoms with E-state index in [0.717, 1.165) is 39.0 Å². The molecule has 0 radical (unpaired) electrons. The number of anilines is 3. The summed E-state index contributed by atoms with van der Waals surface area (Å²) in [6.45, 7) is 0. The molecular formula is C34H21NOS. The van der Waals surface area contributed by atoms with Crippen molar-refractivity contribution < 1.29 is 4.42 Å². The van der Waals surface area contributed by atoms with Gasteiger partial charge in [-0.2, -0.15) is 0 Å². The molecule has 0 N–H and O–H groups in total. The first kappa shape index (κ1) is 20.6. The highest BCUT2D eigenvalue weighted by molar-refractivity contribution is 7.26. The quantitative estimate of drug-likeness (QED) is 0.244. The highest BCUT2D eigenvalue weighted by atomic mass is 32.1. The highest BCUT2D eigenvalue weighted by Gasteiger charge is 2.19. The number of furan rings is 1. The summed E-state index contributed by atoms with van der Waals surface area (Å²) in [5.74, 6) is 0. The van der Waals surface area contributed by atoms with Crippen molar-refractivity contribution in [3.05, 3.63) is 127 Å². The number of para-hydroxylation sites is 2. The Hall–Kier alpha value is -4.60. The van der Waals surface area contributed by atoms with Crippen LogP contribution in [0.1, 0.15) is 0 Å². The Morgan fingerprint density at radius 2 is 1.27 bits per heavy atom. The molecule has 0 atom stereocenters. The second-order valence-electron chi connectivity index (χ2n) is 9.37. The van der Waals surface area contributed by atoms with E-state index in [-0.39, 0.29) is 0 Å². The van der Waals surface area contributed by atoms with Gasteiger partial charge < -0.3 is 9.32 Å². The molecule has 3 heteroatoms. The monoisotopic (exact) mass is 491 g/mol. The Balaban J connectivity index is 1.45. The summed E-state index contributed by atoms with van der Waals surface area (Å²) in [6, 6.07) is 45.3. The SMILES string of the molecule is c1ccc(N(c2ccc3c(c2)oc2ccccc23)c2cccc3ccc4c5ccccc5sc4c23)cc1. The molecule has 174 valence electrons. The summed E-state index contributed by atoms with van der Waals surface area (Å²) >= 11 is 1.87. The Kier molecular flexibility index (Phi) is 4.42. The first-order chi connectivity index (χ1) is 18.3. The molecule has 2 nitrogen and oxygen atoms in total. The Labute approximate surface area is 217 Å². The van der Waals surface area contributed by atoms with Crippen molar-refractivity contribution in [2.45, 2.75) is 0 Å². The Morgan fingerprint density at radius 1 is 0.514 bits per heavy atom. The molecule has 0 amide bonds. The molecule has 0 aliphatic heterocycles. The maximum absolute atomic E-state index is 6.29. The third-order valence-corrected chi connectivity index (χ3v) is 8.45. The first-order valence-corrected chi connectivity index (χ1v) is 13.3. The molecular weight excluding hydrogens is 470 g/mol. The summed E-state index contributed by atoms with van der Waals surface area (Å²) in [7, 11) is 0. The second-order valence-corrected chi connectivity index (χ2v) is 10.4. The zero-order valence-electron chi connectivity index (χ0n) is 19.9. The largest absolute Gasteiger partial charge is 0.456 e. The van der Waals surface area contributed by atoms with Crippen molar-refractivity contribution in [3.8, 4) is 0 Å². The predicted octanol–water partition coefficient (Wildman–Crippen LogP) is 10.6. The van der Waals surface area contributed by atoms with Gasteiger partial charge >= 0.3 is 0 Å². The lowest BCUT2D eigenvalue weighted by Crippen LogP contribution is -2.10. The van der Waals surface area contributed by atoms with Gasteiger partial charge in [-0.25, -0.2) is 0 Å². The summed E-state index contributed by atoms with van der Waals surface area (Å²) in [5.41, 5.74) is 5.16. The number of benzene rings is 6. The molecule has 37 heavy (non-hydrogen) atoms. The number of fused-ring (bicyclic) bond motifs is 8. The van der Waals surface area contributed by atoms with Crippen LogP contribution in [0.2, 0.25) is 0 Å². The van der Waals surface area contributed by atoms with Crippen molar-refractivity contribution in [1.82, 2.24) is 0 Å². The smallest absolute Gasteiger partial charge is 0.137 e. The van der Waals surface area contributed by atoms with E-state index in [1.807, 2.05) is 23.5 Å². The number of nitrogens with zero attached hydrogens (tertiary/aromatic N) is 1. The third kappa shape index (κ3) is 3.11.